The zero-order valence-electron chi connectivity index (χ0n) is 8.84. The summed E-state index contributed by atoms with van der Waals surface area (Å²) in [6.07, 6.45) is 1.35. The third-order valence-electron chi connectivity index (χ3n) is 1.75. The van der Waals surface area contributed by atoms with Gasteiger partial charge >= 0.3 is 0 Å². The van der Waals surface area contributed by atoms with Crippen LogP contribution in [0.15, 0.2) is 0 Å². The summed E-state index contributed by atoms with van der Waals surface area (Å²) >= 11 is 2.15. The minimum atomic E-state index is -0.922. The van der Waals surface area contributed by atoms with Crippen LogP contribution in [0.1, 0.15) is 19.8 Å². The van der Waals surface area contributed by atoms with Crippen LogP contribution in [0.2, 0.25) is 0 Å². The van der Waals surface area contributed by atoms with Gasteiger partial charge in [-0.05, 0) is 44.3 Å². The lowest BCUT2D eigenvalue weighted by atomic mass is 10.0. The third kappa shape index (κ3) is 10.1. The number of carbonyl (C=O) groups is 1. The van der Waals surface area contributed by atoms with E-state index in [9.17, 15) is 9.90 Å². The second kappa shape index (κ2) is 10.2. The summed E-state index contributed by atoms with van der Waals surface area (Å²) < 4.78 is 0. The number of nitrogens with zero attached hydrogens (tertiary/aromatic N) is 1. The zero-order chi connectivity index (χ0) is 10.9. The Morgan fingerprint density at radius 2 is 1.92 bits per heavy atom. The SMILES string of the molecule is CCC(CCN(C)C)C(=O)[O-].CI. The summed E-state index contributed by atoms with van der Waals surface area (Å²) in [6, 6.07) is 0. The van der Waals surface area contributed by atoms with Crippen molar-refractivity contribution in [2.45, 2.75) is 19.8 Å². The topological polar surface area (TPSA) is 43.4 Å². The summed E-state index contributed by atoms with van der Waals surface area (Å²) in [6.45, 7) is 2.68. The van der Waals surface area contributed by atoms with E-state index in [2.05, 4.69) is 22.6 Å². The number of carboxylic acid groups (broad SMARTS) is 1. The fraction of sp³-hybridized carbons (Fsp3) is 0.889. The van der Waals surface area contributed by atoms with Crippen molar-refractivity contribution >= 4 is 28.6 Å². The summed E-state index contributed by atoms with van der Waals surface area (Å²) in [5, 5.41) is 10.4. The van der Waals surface area contributed by atoms with E-state index in [-0.39, 0.29) is 5.92 Å². The molecule has 13 heavy (non-hydrogen) atoms. The highest BCUT2D eigenvalue weighted by molar-refractivity contribution is 14.1. The summed E-state index contributed by atoms with van der Waals surface area (Å²) in [5.74, 6) is -1.20. The number of carbonyl (C=O) groups excluding carboxylic acids is 1. The molecule has 0 saturated carbocycles. The number of alkyl halides is 1. The molecule has 0 heterocycles. The molecule has 0 saturated heterocycles. The summed E-state index contributed by atoms with van der Waals surface area (Å²) in [4.78, 5) is 14.4. The molecule has 0 rings (SSSR count). The molecule has 0 aliphatic heterocycles. The maximum atomic E-state index is 10.4. The molecule has 0 radical (unpaired) electrons. The summed E-state index contributed by atoms with van der Waals surface area (Å²) in [7, 11) is 3.87. The van der Waals surface area contributed by atoms with Gasteiger partial charge in [-0.2, -0.15) is 0 Å². The molecule has 0 spiro atoms. The van der Waals surface area contributed by atoms with E-state index in [0.717, 1.165) is 6.54 Å². The monoisotopic (exact) mass is 300 g/mol. The van der Waals surface area contributed by atoms with Gasteiger partial charge in [0.2, 0.25) is 0 Å². The Bertz CT molecular complexity index is 129. The second-order valence-electron chi connectivity index (χ2n) is 3.02. The van der Waals surface area contributed by atoms with Crippen LogP contribution in [0.4, 0.5) is 0 Å². The Morgan fingerprint density at radius 3 is 2.15 bits per heavy atom. The lowest BCUT2D eigenvalue weighted by Gasteiger charge is -2.18. The van der Waals surface area contributed by atoms with E-state index in [0.29, 0.717) is 12.8 Å². The van der Waals surface area contributed by atoms with Crippen LogP contribution in [-0.2, 0) is 4.79 Å². The molecule has 0 N–H and O–H groups in total. The van der Waals surface area contributed by atoms with Crippen molar-refractivity contribution in [3.05, 3.63) is 0 Å². The number of hydrogen-bond acceptors (Lipinski definition) is 3. The molecule has 1 unspecified atom stereocenters. The Morgan fingerprint density at radius 1 is 1.46 bits per heavy atom. The minimum Gasteiger partial charge on any atom is -0.550 e. The third-order valence-corrected chi connectivity index (χ3v) is 1.75. The van der Waals surface area contributed by atoms with Crippen LogP contribution in [0, 0.1) is 5.92 Å². The molecular formula is C9H19INO2-. The molecule has 80 valence electrons. The van der Waals surface area contributed by atoms with Gasteiger partial charge in [-0.3, -0.25) is 0 Å². The van der Waals surface area contributed by atoms with E-state index >= 15 is 0 Å². The van der Waals surface area contributed by atoms with Gasteiger partial charge in [-0.15, -0.1) is 0 Å². The van der Waals surface area contributed by atoms with Gasteiger partial charge in [0.15, 0.2) is 0 Å². The number of halogens is 1. The number of aliphatic carboxylic acids is 1. The Balaban J connectivity index is 0. The van der Waals surface area contributed by atoms with Crippen molar-refractivity contribution in [3.63, 3.8) is 0 Å². The maximum Gasteiger partial charge on any atom is 0.0445 e. The number of hydrogen-bond donors (Lipinski definition) is 0. The van der Waals surface area contributed by atoms with Crippen LogP contribution in [0.5, 0.6) is 0 Å². The van der Waals surface area contributed by atoms with Crippen molar-refractivity contribution in [1.29, 1.82) is 0 Å². The molecule has 0 amide bonds. The zero-order valence-corrected chi connectivity index (χ0v) is 11.0. The lowest BCUT2D eigenvalue weighted by Crippen LogP contribution is -2.32. The molecule has 0 aliphatic rings. The lowest BCUT2D eigenvalue weighted by molar-refractivity contribution is -0.311. The highest BCUT2D eigenvalue weighted by Gasteiger charge is 2.06. The first-order valence-electron chi connectivity index (χ1n) is 4.31. The largest absolute Gasteiger partial charge is 0.550 e. The van der Waals surface area contributed by atoms with Gasteiger partial charge in [-0.1, -0.05) is 29.5 Å². The second-order valence-corrected chi connectivity index (χ2v) is 3.02. The quantitative estimate of drug-likeness (QED) is 0.556. The molecule has 0 aromatic heterocycles. The average molecular weight is 300 g/mol. The molecular weight excluding hydrogens is 281 g/mol. The van der Waals surface area contributed by atoms with E-state index in [1.807, 2.05) is 30.8 Å². The molecule has 0 fully saturated rings. The number of carboxylic acids is 1. The van der Waals surface area contributed by atoms with E-state index in [4.69, 9.17) is 0 Å². The van der Waals surface area contributed by atoms with Gasteiger partial charge in [-0.25, -0.2) is 0 Å². The molecule has 0 bridgehead atoms. The normalized spacial score (nSPS) is 11.8. The predicted octanol–water partition coefficient (Wildman–Crippen LogP) is 0.765. The minimum absolute atomic E-state index is 0.280. The first-order chi connectivity index (χ1) is 6.07. The van der Waals surface area contributed by atoms with Gasteiger partial charge < -0.3 is 14.8 Å². The van der Waals surface area contributed by atoms with E-state index < -0.39 is 5.97 Å². The molecule has 0 aliphatic carbocycles. The van der Waals surface area contributed by atoms with Gasteiger partial charge in [0, 0.05) is 5.97 Å². The van der Waals surface area contributed by atoms with Gasteiger partial charge in [0.1, 0.15) is 0 Å². The fourth-order valence-corrected chi connectivity index (χ4v) is 0.903. The molecule has 4 heteroatoms. The van der Waals surface area contributed by atoms with Crippen molar-refractivity contribution in [2.75, 3.05) is 25.6 Å². The van der Waals surface area contributed by atoms with Crippen LogP contribution in [0.25, 0.3) is 0 Å². The molecule has 3 nitrogen and oxygen atoms in total. The molecule has 0 aromatic rings. The average Bonchev–Trinajstić information content (AvgIpc) is 2.08. The predicted molar refractivity (Wildman–Crippen MR) is 61.9 cm³/mol. The smallest absolute Gasteiger partial charge is 0.0445 e. The van der Waals surface area contributed by atoms with Crippen LogP contribution in [0.3, 0.4) is 0 Å². The fourth-order valence-electron chi connectivity index (χ4n) is 0.903. The first kappa shape index (κ1) is 15.6. The van der Waals surface area contributed by atoms with Crippen molar-refractivity contribution in [3.8, 4) is 0 Å². The number of rotatable bonds is 5. The van der Waals surface area contributed by atoms with Crippen molar-refractivity contribution in [2.24, 2.45) is 5.92 Å². The Kier molecular flexibility index (Phi) is 12.3. The van der Waals surface area contributed by atoms with Crippen LogP contribution in [-0.4, -0.2) is 36.4 Å². The summed E-state index contributed by atoms with van der Waals surface area (Å²) in [5.41, 5.74) is 0. The Hall–Kier alpha value is 0.160. The van der Waals surface area contributed by atoms with Crippen molar-refractivity contribution in [1.82, 2.24) is 4.90 Å². The Labute approximate surface area is 94.6 Å². The standard InChI is InChI=1S/C8H17NO2.CH3I/c1-4-7(8(10)11)5-6-9(2)3;1-2/h7H,4-6H2,1-3H3,(H,10,11);1H3/p-1. The van der Waals surface area contributed by atoms with E-state index in [1.165, 1.54) is 0 Å². The van der Waals surface area contributed by atoms with Crippen LogP contribution >= 0.6 is 22.6 Å². The van der Waals surface area contributed by atoms with Crippen LogP contribution < -0.4 is 5.11 Å². The van der Waals surface area contributed by atoms with Gasteiger partial charge in [0.05, 0.1) is 0 Å². The molecule has 1 atom stereocenters. The van der Waals surface area contributed by atoms with Crippen molar-refractivity contribution < 1.29 is 9.90 Å². The maximum absolute atomic E-state index is 10.4. The highest BCUT2D eigenvalue weighted by Crippen LogP contribution is 2.06. The molecule has 0 aromatic carbocycles. The first-order valence-corrected chi connectivity index (χ1v) is 6.47. The van der Waals surface area contributed by atoms with Gasteiger partial charge in [0.25, 0.3) is 0 Å². The highest BCUT2D eigenvalue weighted by atomic mass is 127. The van der Waals surface area contributed by atoms with E-state index in [1.54, 1.807) is 0 Å².